The lowest BCUT2D eigenvalue weighted by atomic mass is 9.95. The van der Waals surface area contributed by atoms with Crippen molar-refractivity contribution in [1.82, 2.24) is 28.1 Å². The van der Waals surface area contributed by atoms with Gasteiger partial charge in [0.2, 0.25) is 0 Å². The first kappa shape index (κ1) is 18.0. The highest BCUT2D eigenvalue weighted by molar-refractivity contribution is 7.86. The Morgan fingerprint density at radius 1 is 1.28 bits per heavy atom. The molecule has 1 atom stereocenters. The predicted octanol–water partition coefficient (Wildman–Crippen LogP) is 1.17. The summed E-state index contributed by atoms with van der Waals surface area (Å²) in [5.74, 6) is 1.51. The third kappa shape index (κ3) is 3.58. The van der Waals surface area contributed by atoms with Crippen molar-refractivity contribution in [1.29, 1.82) is 0 Å². The molecular weight excluding hydrogens is 340 g/mol. The Labute approximate surface area is 148 Å². The van der Waals surface area contributed by atoms with E-state index in [4.69, 9.17) is 0 Å². The highest BCUT2D eigenvalue weighted by Gasteiger charge is 2.32. The molecule has 136 valence electrons. The molecule has 0 aliphatic carbocycles. The van der Waals surface area contributed by atoms with Crippen LogP contribution in [0, 0.1) is 6.92 Å². The summed E-state index contributed by atoms with van der Waals surface area (Å²) in [6.07, 6.45) is 5.34. The molecule has 8 nitrogen and oxygen atoms in total. The normalized spacial score (nSPS) is 19.5. The first-order valence-electron chi connectivity index (χ1n) is 8.30. The molecule has 1 fully saturated rings. The highest BCUT2D eigenvalue weighted by Crippen LogP contribution is 2.29. The van der Waals surface area contributed by atoms with Crippen LogP contribution in [-0.2, 0) is 17.3 Å². The van der Waals surface area contributed by atoms with Crippen LogP contribution in [0.1, 0.15) is 30.3 Å². The standard InChI is InChI=1S/C16H24N6O2S/c1-12-18-14(10-15(19-12)16-17-7-9-21(16)4)13-6-5-8-22(11-13)25(23,24)20(2)3/h7,9-10,13H,5-6,8,11H2,1-4H3/t13-/m0/s1. The molecule has 0 bridgehead atoms. The average molecular weight is 364 g/mol. The number of imidazole rings is 1. The zero-order valence-electron chi connectivity index (χ0n) is 15.0. The molecule has 25 heavy (non-hydrogen) atoms. The minimum Gasteiger partial charge on any atom is -0.333 e. The van der Waals surface area contributed by atoms with Crippen LogP contribution in [0.25, 0.3) is 11.5 Å². The lowest BCUT2D eigenvalue weighted by Crippen LogP contribution is -2.45. The van der Waals surface area contributed by atoms with Crippen LogP contribution in [0.2, 0.25) is 0 Å². The third-order valence-corrected chi connectivity index (χ3v) is 6.41. The van der Waals surface area contributed by atoms with Crippen LogP contribution >= 0.6 is 0 Å². The maximum absolute atomic E-state index is 12.4. The molecule has 0 aromatic carbocycles. The van der Waals surface area contributed by atoms with Crippen LogP contribution in [0.3, 0.4) is 0 Å². The zero-order valence-corrected chi connectivity index (χ0v) is 15.9. The maximum Gasteiger partial charge on any atom is 0.281 e. The van der Waals surface area contributed by atoms with Gasteiger partial charge in [-0.2, -0.15) is 17.0 Å². The van der Waals surface area contributed by atoms with Crippen molar-refractivity contribution in [2.75, 3.05) is 27.2 Å². The summed E-state index contributed by atoms with van der Waals surface area (Å²) >= 11 is 0. The number of hydrogen-bond donors (Lipinski definition) is 0. The fourth-order valence-electron chi connectivity index (χ4n) is 3.15. The van der Waals surface area contributed by atoms with Gasteiger partial charge in [-0.05, 0) is 25.8 Å². The Balaban J connectivity index is 1.91. The topological polar surface area (TPSA) is 84.2 Å². The Bertz CT molecular complexity index is 861. The summed E-state index contributed by atoms with van der Waals surface area (Å²) < 4.78 is 29.6. The molecule has 2 aromatic rings. The molecule has 1 aliphatic heterocycles. The lowest BCUT2D eigenvalue weighted by molar-refractivity contribution is 0.296. The van der Waals surface area contributed by atoms with Crippen LogP contribution in [0.4, 0.5) is 0 Å². The van der Waals surface area contributed by atoms with Gasteiger partial charge in [-0.15, -0.1) is 0 Å². The smallest absolute Gasteiger partial charge is 0.281 e. The van der Waals surface area contributed by atoms with E-state index in [2.05, 4.69) is 15.0 Å². The second-order valence-electron chi connectivity index (χ2n) is 6.57. The van der Waals surface area contributed by atoms with Gasteiger partial charge in [0.1, 0.15) is 11.5 Å². The van der Waals surface area contributed by atoms with E-state index in [0.29, 0.717) is 18.9 Å². The van der Waals surface area contributed by atoms with Crippen molar-refractivity contribution >= 4 is 10.2 Å². The van der Waals surface area contributed by atoms with Crippen molar-refractivity contribution in [2.24, 2.45) is 7.05 Å². The van der Waals surface area contributed by atoms with Gasteiger partial charge in [0, 0.05) is 58.2 Å². The molecular formula is C16H24N6O2S. The Hall–Kier alpha value is -1.84. The summed E-state index contributed by atoms with van der Waals surface area (Å²) in [6.45, 7) is 2.84. The molecule has 1 aliphatic rings. The molecule has 0 N–H and O–H groups in total. The van der Waals surface area contributed by atoms with Crippen LogP contribution in [0.5, 0.6) is 0 Å². The quantitative estimate of drug-likeness (QED) is 0.813. The van der Waals surface area contributed by atoms with E-state index in [-0.39, 0.29) is 5.92 Å². The highest BCUT2D eigenvalue weighted by atomic mass is 32.2. The van der Waals surface area contributed by atoms with E-state index in [1.807, 2.05) is 30.8 Å². The molecule has 3 heterocycles. The molecule has 0 spiro atoms. The number of aromatic nitrogens is 4. The van der Waals surface area contributed by atoms with E-state index in [9.17, 15) is 8.42 Å². The molecule has 0 unspecified atom stereocenters. The van der Waals surface area contributed by atoms with Gasteiger partial charge in [0.05, 0.1) is 0 Å². The van der Waals surface area contributed by atoms with Crippen LogP contribution in [0.15, 0.2) is 18.5 Å². The largest absolute Gasteiger partial charge is 0.333 e. The van der Waals surface area contributed by atoms with Crippen molar-refractivity contribution < 1.29 is 8.42 Å². The van der Waals surface area contributed by atoms with Gasteiger partial charge in [0.25, 0.3) is 10.2 Å². The monoisotopic (exact) mass is 364 g/mol. The molecule has 2 aromatic heterocycles. The molecule has 9 heteroatoms. The van der Waals surface area contributed by atoms with Crippen molar-refractivity contribution in [3.8, 4) is 11.5 Å². The Kier molecular flexibility index (Phi) is 4.90. The number of nitrogens with zero attached hydrogens (tertiary/aromatic N) is 6. The van der Waals surface area contributed by atoms with Crippen molar-refractivity contribution in [3.05, 3.63) is 30.0 Å². The fourth-order valence-corrected chi connectivity index (χ4v) is 4.34. The van der Waals surface area contributed by atoms with Crippen molar-refractivity contribution in [3.63, 3.8) is 0 Å². The minimum atomic E-state index is -3.40. The zero-order chi connectivity index (χ0) is 18.2. The molecule has 0 radical (unpaired) electrons. The summed E-state index contributed by atoms with van der Waals surface area (Å²) in [5.41, 5.74) is 1.65. The summed E-state index contributed by atoms with van der Waals surface area (Å²) in [6, 6.07) is 1.94. The molecule has 0 saturated carbocycles. The lowest BCUT2D eigenvalue weighted by Gasteiger charge is -2.33. The van der Waals surface area contributed by atoms with E-state index in [0.717, 1.165) is 30.1 Å². The molecule has 3 rings (SSSR count). The van der Waals surface area contributed by atoms with Gasteiger partial charge < -0.3 is 4.57 Å². The average Bonchev–Trinajstić information content (AvgIpc) is 3.00. The Morgan fingerprint density at radius 2 is 2.04 bits per heavy atom. The number of piperidine rings is 1. The minimum absolute atomic E-state index is 0.0594. The summed E-state index contributed by atoms with van der Waals surface area (Å²) in [5, 5.41) is 0. The number of aryl methyl sites for hydroxylation is 2. The van der Waals surface area contributed by atoms with Gasteiger partial charge in [-0.3, -0.25) is 0 Å². The van der Waals surface area contributed by atoms with Gasteiger partial charge in [-0.25, -0.2) is 15.0 Å². The molecule has 0 amide bonds. The van der Waals surface area contributed by atoms with Gasteiger partial charge >= 0.3 is 0 Å². The summed E-state index contributed by atoms with van der Waals surface area (Å²) in [4.78, 5) is 13.4. The predicted molar refractivity (Wildman–Crippen MR) is 95.1 cm³/mol. The Morgan fingerprint density at radius 3 is 2.68 bits per heavy atom. The van der Waals surface area contributed by atoms with E-state index in [1.165, 1.54) is 4.31 Å². The van der Waals surface area contributed by atoms with Gasteiger partial charge in [0.15, 0.2) is 5.82 Å². The molecule has 1 saturated heterocycles. The van der Waals surface area contributed by atoms with E-state index < -0.39 is 10.2 Å². The SMILES string of the molecule is Cc1nc(-c2nccn2C)cc([C@H]2CCCN(S(=O)(=O)N(C)C)C2)n1. The second kappa shape index (κ2) is 6.81. The fraction of sp³-hybridized carbons (Fsp3) is 0.562. The van der Waals surface area contributed by atoms with Crippen LogP contribution < -0.4 is 0 Å². The second-order valence-corrected chi connectivity index (χ2v) is 8.72. The number of rotatable bonds is 4. The third-order valence-electron chi connectivity index (χ3n) is 4.50. The van der Waals surface area contributed by atoms with E-state index in [1.54, 1.807) is 24.6 Å². The van der Waals surface area contributed by atoms with Crippen molar-refractivity contribution in [2.45, 2.75) is 25.7 Å². The van der Waals surface area contributed by atoms with Gasteiger partial charge in [-0.1, -0.05) is 0 Å². The van der Waals surface area contributed by atoms with E-state index >= 15 is 0 Å². The van der Waals surface area contributed by atoms with Crippen LogP contribution in [-0.4, -0.2) is 63.7 Å². The first-order chi connectivity index (χ1) is 11.8. The maximum atomic E-state index is 12.4. The number of hydrogen-bond acceptors (Lipinski definition) is 5. The first-order valence-corrected chi connectivity index (χ1v) is 9.69. The summed E-state index contributed by atoms with van der Waals surface area (Å²) in [7, 11) is 1.64.